The molecule has 0 atom stereocenters. The van der Waals surface area contributed by atoms with E-state index >= 15 is 0 Å². The highest BCUT2D eigenvalue weighted by Crippen LogP contribution is 2.22. The number of hydrogen-bond acceptors (Lipinski definition) is 1. The van der Waals surface area contributed by atoms with Gasteiger partial charge >= 0.3 is 0 Å². The molecule has 0 saturated carbocycles. The number of amides is 1. The molecule has 2 nitrogen and oxygen atoms in total. The van der Waals surface area contributed by atoms with Crippen LogP contribution in [0.5, 0.6) is 0 Å². The van der Waals surface area contributed by atoms with Gasteiger partial charge < -0.3 is 5.32 Å². The summed E-state index contributed by atoms with van der Waals surface area (Å²) in [4.78, 5) is 12.1. The van der Waals surface area contributed by atoms with Crippen molar-refractivity contribution in [2.75, 3.05) is 5.32 Å². The van der Waals surface area contributed by atoms with Crippen LogP contribution in [-0.4, -0.2) is 5.91 Å². The molecule has 0 saturated heterocycles. The predicted octanol–water partition coefficient (Wildman–Crippen LogP) is 4.75. The number of halogens is 3. The molecule has 0 bridgehead atoms. The molecule has 0 aromatic heterocycles. The maximum absolute atomic E-state index is 13.0. The fourth-order valence-electron chi connectivity index (χ4n) is 1.54. The quantitative estimate of drug-likeness (QED) is 0.680. The molecule has 0 heterocycles. The van der Waals surface area contributed by atoms with E-state index in [4.69, 9.17) is 0 Å². The zero-order valence-corrected chi connectivity index (χ0v) is 13.7. The smallest absolute Gasteiger partial charge is 0.256 e. The first-order valence-corrected chi connectivity index (χ1v) is 7.37. The minimum Gasteiger partial charge on any atom is -0.322 e. The lowest BCUT2D eigenvalue weighted by molar-refractivity contribution is 0.102. The summed E-state index contributed by atoms with van der Waals surface area (Å²) in [5, 5.41) is 2.79. The van der Waals surface area contributed by atoms with E-state index in [0.717, 1.165) is 10.0 Å². The highest BCUT2D eigenvalue weighted by Gasteiger charge is 2.11. The Hall–Kier alpha value is -0.950. The van der Waals surface area contributed by atoms with Crippen molar-refractivity contribution in [3.05, 3.63) is 61.4 Å². The molecule has 2 aromatic rings. The summed E-state index contributed by atoms with van der Waals surface area (Å²) in [6.45, 7) is 1.97. The van der Waals surface area contributed by atoms with Crippen LogP contribution in [0.1, 0.15) is 15.9 Å². The summed E-state index contributed by atoms with van der Waals surface area (Å²) in [5.74, 6) is -0.598. The number of nitrogens with one attached hydrogen (secondary N) is 1. The van der Waals surface area contributed by atoms with Crippen molar-refractivity contribution in [2.45, 2.75) is 6.92 Å². The Morgan fingerprint density at radius 3 is 2.63 bits per heavy atom. The van der Waals surface area contributed by atoms with Gasteiger partial charge in [-0.1, -0.05) is 22.0 Å². The number of anilines is 1. The molecule has 0 spiro atoms. The van der Waals surface area contributed by atoms with Crippen LogP contribution < -0.4 is 5.32 Å². The number of rotatable bonds is 2. The van der Waals surface area contributed by atoms with E-state index < -0.39 is 0 Å². The molecule has 0 unspecified atom stereocenters. The Labute approximate surface area is 132 Å². The lowest BCUT2D eigenvalue weighted by Crippen LogP contribution is -2.13. The van der Waals surface area contributed by atoms with Gasteiger partial charge in [0.05, 0.1) is 5.56 Å². The Morgan fingerprint density at radius 1 is 1.26 bits per heavy atom. The minimum atomic E-state index is -0.348. The molecule has 19 heavy (non-hydrogen) atoms. The molecule has 2 aromatic carbocycles. The van der Waals surface area contributed by atoms with Crippen molar-refractivity contribution in [1.82, 2.24) is 0 Å². The molecule has 5 heteroatoms. The SMILES string of the molecule is Cc1ccc(NC(=O)c2ccc(F)cc2I)cc1Br. The maximum atomic E-state index is 13.0. The molecule has 2 rings (SSSR count). The number of aryl methyl sites for hydroxylation is 1. The first kappa shape index (κ1) is 14.5. The standard InChI is InChI=1S/C14H10BrFINO/c1-8-2-4-10(7-12(8)15)18-14(19)11-5-3-9(16)6-13(11)17/h2-7H,1H3,(H,18,19). The summed E-state index contributed by atoms with van der Waals surface area (Å²) in [6.07, 6.45) is 0. The first-order valence-electron chi connectivity index (χ1n) is 5.50. The molecule has 0 fully saturated rings. The lowest BCUT2D eigenvalue weighted by atomic mass is 10.2. The van der Waals surface area contributed by atoms with E-state index in [1.165, 1.54) is 18.2 Å². The highest BCUT2D eigenvalue weighted by atomic mass is 127. The third kappa shape index (κ3) is 3.54. The van der Waals surface area contributed by atoms with E-state index in [1.54, 1.807) is 0 Å². The van der Waals surface area contributed by atoms with Crippen LogP contribution in [-0.2, 0) is 0 Å². The molecule has 0 radical (unpaired) electrons. The van der Waals surface area contributed by atoms with E-state index in [1.807, 2.05) is 47.7 Å². The maximum Gasteiger partial charge on any atom is 0.256 e. The van der Waals surface area contributed by atoms with Gasteiger partial charge in [-0.15, -0.1) is 0 Å². The molecule has 1 amide bonds. The number of hydrogen-bond donors (Lipinski definition) is 1. The van der Waals surface area contributed by atoms with Gasteiger partial charge in [-0.05, 0) is 65.4 Å². The summed E-state index contributed by atoms with van der Waals surface area (Å²) in [6, 6.07) is 9.67. The van der Waals surface area contributed by atoms with E-state index in [0.29, 0.717) is 14.8 Å². The Balaban J connectivity index is 2.23. The van der Waals surface area contributed by atoms with E-state index in [2.05, 4.69) is 21.2 Å². The number of carbonyl (C=O) groups excluding carboxylic acids is 1. The van der Waals surface area contributed by atoms with Gasteiger partial charge in [-0.25, -0.2) is 4.39 Å². The number of benzene rings is 2. The van der Waals surface area contributed by atoms with E-state index in [9.17, 15) is 9.18 Å². The second-order valence-electron chi connectivity index (χ2n) is 4.04. The summed E-state index contributed by atoms with van der Waals surface area (Å²) < 4.78 is 14.5. The molecular weight excluding hydrogens is 424 g/mol. The minimum absolute atomic E-state index is 0.250. The van der Waals surface area contributed by atoms with Gasteiger partial charge in [0.25, 0.3) is 5.91 Å². The zero-order valence-electron chi connectivity index (χ0n) is 10.0. The van der Waals surface area contributed by atoms with Gasteiger partial charge in [0.2, 0.25) is 0 Å². The lowest BCUT2D eigenvalue weighted by Gasteiger charge is -2.08. The fraction of sp³-hybridized carbons (Fsp3) is 0.0714. The van der Waals surface area contributed by atoms with Crippen LogP contribution in [0.15, 0.2) is 40.9 Å². The van der Waals surface area contributed by atoms with Crippen LogP contribution in [0.4, 0.5) is 10.1 Å². The largest absolute Gasteiger partial charge is 0.322 e. The zero-order chi connectivity index (χ0) is 14.0. The van der Waals surface area contributed by atoms with Crippen LogP contribution in [0, 0.1) is 16.3 Å². The fourth-order valence-corrected chi connectivity index (χ4v) is 2.64. The molecule has 0 aliphatic rings. The predicted molar refractivity (Wildman–Crippen MR) is 85.9 cm³/mol. The average Bonchev–Trinajstić information content (AvgIpc) is 2.33. The summed E-state index contributed by atoms with van der Waals surface area (Å²) >= 11 is 5.36. The van der Waals surface area contributed by atoms with Crippen LogP contribution >= 0.6 is 38.5 Å². The van der Waals surface area contributed by atoms with Gasteiger partial charge in [-0.3, -0.25) is 4.79 Å². The van der Waals surface area contributed by atoms with Crippen molar-refractivity contribution in [3.63, 3.8) is 0 Å². The molecule has 0 aliphatic heterocycles. The van der Waals surface area contributed by atoms with Crippen molar-refractivity contribution >= 4 is 50.1 Å². The topological polar surface area (TPSA) is 29.1 Å². The van der Waals surface area contributed by atoms with Crippen molar-refractivity contribution in [3.8, 4) is 0 Å². The van der Waals surface area contributed by atoms with Crippen LogP contribution in [0.25, 0.3) is 0 Å². The van der Waals surface area contributed by atoms with Gasteiger partial charge in [-0.2, -0.15) is 0 Å². The van der Waals surface area contributed by atoms with Crippen molar-refractivity contribution in [1.29, 1.82) is 0 Å². The Bertz CT molecular complexity index is 645. The summed E-state index contributed by atoms with van der Waals surface area (Å²) in [7, 11) is 0. The average molecular weight is 434 g/mol. The first-order chi connectivity index (χ1) is 8.97. The highest BCUT2D eigenvalue weighted by molar-refractivity contribution is 14.1. The van der Waals surface area contributed by atoms with Crippen LogP contribution in [0.3, 0.4) is 0 Å². The van der Waals surface area contributed by atoms with Crippen LogP contribution in [0.2, 0.25) is 0 Å². The second-order valence-corrected chi connectivity index (χ2v) is 6.06. The molecule has 0 aliphatic carbocycles. The van der Waals surface area contributed by atoms with E-state index in [-0.39, 0.29) is 11.7 Å². The molecule has 1 N–H and O–H groups in total. The van der Waals surface area contributed by atoms with Gasteiger partial charge in [0.15, 0.2) is 0 Å². The van der Waals surface area contributed by atoms with Gasteiger partial charge in [0.1, 0.15) is 5.82 Å². The van der Waals surface area contributed by atoms with Crippen molar-refractivity contribution in [2.24, 2.45) is 0 Å². The molecular formula is C14H10BrFINO. The third-order valence-electron chi connectivity index (χ3n) is 2.61. The molecule has 98 valence electrons. The van der Waals surface area contributed by atoms with Gasteiger partial charge in [0, 0.05) is 13.7 Å². The monoisotopic (exact) mass is 433 g/mol. The normalized spacial score (nSPS) is 10.3. The number of carbonyl (C=O) groups is 1. The Morgan fingerprint density at radius 2 is 2.00 bits per heavy atom. The third-order valence-corrected chi connectivity index (χ3v) is 4.35. The summed E-state index contributed by atoms with van der Waals surface area (Å²) in [5.41, 5.74) is 2.25. The van der Waals surface area contributed by atoms with Crippen molar-refractivity contribution < 1.29 is 9.18 Å². The Kier molecular flexibility index (Phi) is 4.57. The second kappa shape index (κ2) is 6.00.